The topological polar surface area (TPSA) is 100 Å². The number of aryl methyl sites for hydroxylation is 1. The van der Waals surface area contributed by atoms with Crippen LogP contribution in [0.4, 0.5) is 21.5 Å². The van der Waals surface area contributed by atoms with Gasteiger partial charge in [-0.15, -0.1) is 11.3 Å². The van der Waals surface area contributed by atoms with Crippen molar-refractivity contribution < 1.29 is 14.0 Å². The molecule has 1 unspecified atom stereocenters. The molecule has 0 spiro atoms. The van der Waals surface area contributed by atoms with E-state index in [2.05, 4.69) is 15.6 Å². The number of nitrogens with one attached hydrogen (secondary N) is 2. The molecule has 4 N–H and O–H groups in total. The first kappa shape index (κ1) is 25.6. The third-order valence-corrected chi connectivity index (χ3v) is 7.94. The molecule has 0 saturated heterocycles. The van der Waals surface area contributed by atoms with Gasteiger partial charge in [0.25, 0.3) is 11.8 Å². The Morgan fingerprint density at radius 3 is 2.61 bits per heavy atom. The van der Waals surface area contributed by atoms with Gasteiger partial charge in [0, 0.05) is 48.3 Å². The van der Waals surface area contributed by atoms with Gasteiger partial charge in [0.2, 0.25) is 0 Å². The minimum Gasteiger partial charge on any atom is -0.388 e. The molecular formula is C29H28FN5O2S. The van der Waals surface area contributed by atoms with Crippen LogP contribution in [0.5, 0.6) is 0 Å². The highest BCUT2D eigenvalue weighted by Crippen LogP contribution is 2.42. The molecule has 9 heteroatoms. The molecule has 0 bridgehead atoms. The van der Waals surface area contributed by atoms with E-state index in [1.165, 1.54) is 0 Å². The molecule has 1 atom stereocenters. The van der Waals surface area contributed by atoms with Gasteiger partial charge in [0.15, 0.2) is 5.82 Å². The standard InChI is InChI=1S/C29H28FN5O2S/c1-16-6-4-7-20(17(2)31)24(16)34-28(36)27-23(30)21-13-15-35(22-8-5-14-33-25(22)26(21)38-27)29(37)18-9-11-19(32-3)12-10-18/h4-12,14,17,32H,13,15,31H2,1-3H3,(H,34,36). The van der Waals surface area contributed by atoms with Crippen molar-refractivity contribution in [2.24, 2.45) is 5.73 Å². The van der Waals surface area contributed by atoms with Crippen LogP contribution in [0.2, 0.25) is 0 Å². The van der Waals surface area contributed by atoms with Crippen LogP contribution in [0.25, 0.3) is 10.6 Å². The second-order valence-electron chi connectivity index (χ2n) is 9.24. The highest BCUT2D eigenvalue weighted by Gasteiger charge is 2.32. The number of para-hydroxylation sites is 1. The molecule has 1 aliphatic rings. The average molecular weight is 530 g/mol. The number of aromatic nitrogens is 1. The lowest BCUT2D eigenvalue weighted by Gasteiger charge is -2.22. The number of amides is 2. The minimum atomic E-state index is -0.581. The number of hydrogen-bond acceptors (Lipinski definition) is 6. The molecule has 5 rings (SSSR count). The number of pyridine rings is 1. The molecule has 2 amide bonds. The predicted octanol–water partition coefficient (Wildman–Crippen LogP) is 5.77. The number of carbonyl (C=O) groups excluding carboxylic acids is 2. The van der Waals surface area contributed by atoms with Crippen molar-refractivity contribution in [1.29, 1.82) is 0 Å². The van der Waals surface area contributed by atoms with Crippen molar-refractivity contribution in [3.63, 3.8) is 0 Å². The summed E-state index contributed by atoms with van der Waals surface area (Å²) in [4.78, 5) is 33.5. The zero-order chi connectivity index (χ0) is 27.0. The molecule has 194 valence electrons. The number of rotatable bonds is 5. The van der Waals surface area contributed by atoms with E-state index in [9.17, 15) is 9.59 Å². The summed E-state index contributed by atoms with van der Waals surface area (Å²) >= 11 is 1.05. The summed E-state index contributed by atoms with van der Waals surface area (Å²) in [6.45, 7) is 3.96. The zero-order valence-corrected chi connectivity index (χ0v) is 22.2. The number of anilines is 3. The van der Waals surface area contributed by atoms with Crippen LogP contribution in [0.3, 0.4) is 0 Å². The second kappa shape index (κ2) is 10.4. The van der Waals surface area contributed by atoms with Gasteiger partial charge in [-0.3, -0.25) is 14.6 Å². The second-order valence-corrected chi connectivity index (χ2v) is 10.3. The maximum absolute atomic E-state index is 15.8. The van der Waals surface area contributed by atoms with Gasteiger partial charge in [0.05, 0.1) is 10.6 Å². The third-order valence-electron chi connectivity index (χ3n) is 6.73. The van der Waals surface area contributed by atoms with Crippen molar-refractivity contribution in [3.8, 4) is 10.6 Å². The van der Waals surface area contributed by atoms with Crippen LogP contribution >= 0.6 is 11.3 Å². The van der Waals surface area contributed by atoms with E-state index in [4.69, 9.17) is 5.73 Å². The zero-order valence-electron chi connectivity index (χ0n) is 21.3. The van der Waals surface area contributed by atoms with Gasteiger partial charge >= 0.3 is 0 Å². The lowest BCUT2D eigenvalue weighted by Crippen LogP contribution is -2.32. The molecule has 7 nitrogen and oxygen atoms in total. The van der Waals surface area contributed by atoms with Gasteiger partial charge in [-0.05, 0) is 67.8 Å². The van der Waals surface area contributed by atoms with E-state index in [1.54, 1.807) is 35.4 Å². The molecule has 2 aromatic carbocycles. The summed E-state index contributed by atoms with van der Waals surface area (Å²) in [5, 5.41) is 5.93. The molecule has 38 heavy (non-hydrogen) atoms. The fraction of sp³-hybridized carbons (Fsp3) is 0.207. The molecule has 0 radical (unpaired) electrons. The predicted molar refractivity (Wildman–Crippen MR) is 151 cm³/mol. The number of nitrogens with zero attached hydrogens (tertiary/aromatic N) is 2. The fourth-order valence-corrected chi connectivity index (χ4v) is 5.83. The third kappa shape index (κ3) is 4.55. The van der Waals surface area contributed by atoms with Crippen LogP contribution in [-0.2, 0) is 6.42 Å². The summed E-state index contributed by atoms with van der Waals surface area (Å²) in [7, 11) is 1.81. The Hall–Kier alpha value is -4.08. The highest BCUT2D eigenvalue weighted by molar-refractivity contribution is 7.17. The summed E-state index contributed by atoms with van der Waals surface area (Å²) in [6, 6.07) is 16.0. The first-order valence-corrected chi connectivity index (χ1v) is 13.1. The van der Waals surface area contributed by atoms with Crippen molar-refractivity contribution >= 4 is 40.2 Å². The molecule has 4 aromatic rings. The summed E-state index contributed by atoms with van der Waals surface area (Å²) in [5.41, 5.74) is 11.2. The van der Waals surface area contributed by atoms with Crippen molar-refractivity contribution in [2.45, 2.75) is 26.3 Å². The molecule has 2 aromatic heterocycles. The van der Waals surface area contributed by atoms with Crippen LogP contribution in [0.1, 0.15) is 49.7 Å². The number of hydrogen-bond donors (Lipinski definition) is 3. The number of halogens is 1. The number of benzene rings is 2. The number of fused-ring (bicyclic) bond motifs is 3. The molecule has 1 aliphatic heterocycles. The van der Waals surface area contributed by atoms with E-state index < -0.39 is 11.7 Å². The first-order chi connectivity index (χ1) is 18.3. The minimum absolute atomic E-state index is 0.0205. The Kier molecular flexibility index (Phi) is 6.96. The van der Waals surface area contributed by atoms with Crippen LogP contribution in [-0.4, -0.2) is 30.4 Å². The summed E-state index contributed by atoms with van der Waals surface area (Å²) in [5.74, 6) is -1.31. The normalized spacial score (nSPS) is 13.2. The Balaban J connectivity index is 1.51. The highest BCUT2D eigenvalue weighted by atomic mass is 32.1. The molecule has 0 aliphatic carbocycles. The number of carbonyl (C=O) groups is 2. The van der Waals surface area contributed by atoms with Crippen LogP contribution < -0.4 is 21.3 Å². The maximum Gasteiger partial charge on any atom is 0.268 e. The Bertz CT molecular complexity index is 1530. The van der Waals surface area contributed by atoms with E-state index in [1.807, 2.05) is 51.2 Å². The molecule has 3 heterocycles. The lowest BCUT2D eigenvalue weighted by atomic mass is 10.0. The van der Waals surface area contributed by atoms with E-state index in [0.717, 1.165) is 28.2 Å². The number of nitrogens with two attached hydrogens (primary N) is 1. The first-order valence-electron chi connectivity index (χ1n) is 12.3. The quantitative estimate of drug-likeness (QED) is 0.305. The van der Waals surface area contributed by atoms with Crippen molar-refractivity contribution in [3.05, 3.63) is 93.7 Å². The molecule has 0 fully saturated rings. The Labute approximate surface area is 224 Å². The number of thiophene rings is 1. The largest absolute Gasteiger partial charge is 0.388 e. The van der Waals surface area contributed by atoms with Crippen LogP contribution in [0.15, 0.2) is 60.8 Å². The van der Waals surface area contributed by atoms with Gasteiger partial charge in [-0.25, -0.2) is 4.39 Å². The van der Waals surface area contributed by atoms with Gasteiger partial charge in [0.1, 0.15) is 10.6 Å². The smallest absolute Gasteiger partial charge is 0.268 e. The monoisotopic (exact) mass is 529 g/mol. The van der Waals surface area contributed by atoms with Crippen LogP contribution in [0, 0.1) is 12.7 Å². The van der Waals surface area contributed by atoms with Crippen molar-refractivity contribution in [1.82, 2.24) is 4.98 Å². The Morgan fingerprint density at radius 1 is 1.13 bits per heavy atom. The molecule has 0 saturated carbocycles. The van der Waals surface area contributed by atoms with E-state index >= 15 is 4.39 Å². The summed E-state index contributed by atoms with van der Waals surface area (Å²) in [6.07, 6.45) is 1.86. The van der Waals surface area contributed by atoms with Crippen molar-refractivity contribution in [2.75, 3.05) is 29.1 Å². The lowest BCUT2D eigenvalue weighted by molar-refractivity contribution is 0.0985. The summed E-state index contributed by atoms with van der Waals surface area (Å²) < 4.78 is 15.8. The molecular weight excluding hydrogens is 501 g/mol. The SMILES string of the molecule is CNc1ccc(C(=O)N2CCc3c(sc(C(=O)Nc4c(C)cccc4C(C)N)c3F)-c3ncccc32)cc1. The van der Waals surface area contributed by atoms with Gasteiger partial charge in [-0.1, -0.05) is 18.2 Å². The van der Waals surface area contributed by atoms with Gasteiger partial charge in [-0.2, -0.15) is 0 Å². The van der Waals surface area contributed by atoms with E-state index in [-0.39, 0.29) is 29.8 Å². The fourth-order valence-electron chi connectivity index (χ4n) is 4.70. The average Bonchev–Trinajstić information content (AvgIpc) is 3.16. The van der Waals surface area contributed by atoms with Gasteiger partial charge < -0.3 is 21.3 Å². The van der Waals surface area contributed by atoms with E-state index in [0.29, 0.717) is 33.1 Å². The maximum atomic E-state index is 15.8. The Morgan fingerprint density at radius 2 is 1.89 bits per heavy atom.